The van der Waals surface area contributed by atoms with Crippen LogP contribution in [0, 0.1) is 0 Å². The van der Waals surface area contributed by atoms with Crippen LogP contribution in [0.15, 0.2) is 30.3 Å². The zero-order chi connectivity index (χ0) is 13.4. The highest BCUT2D eigenvalue weighted by Crippen LogP contribution is 2.04. The molecule has 1 aromatic carbocycles. The topological polar surface area (TPSA) is 46.2 Å². The highest BCUT2D eigenvalue weighted by atomic mass is 35.5. The average molecular weight is 290 g/mol. The molecule has 0 aliphatic carbocycles. The van der Waals surface area contributed by atoms with Crippen LogP contribution in [-0.2, 0) is 16.4 Å². The van der Waals surface area contributed by atoms with Gasteiger partial charge in [0.05, 0.1) is 5.75 Å². The Morgan fingerprint density at radius 2 is 1.94 bits per heavy atom. The fraction of sp³-hybridized carbons (Fsp3) is 0.538. The summed E-state index contributed by atoms with van der Waals surface area (Å²) in [7, 11) is -3.17. The van der Waals surface area contributed by atoms with Crippen LogP contribution in [0.2, 0.25) is 0 Å². The van der Waals surface area contributed by atoms with Crippen LogP contribution in [0.3, 0.4) is 0 Å². The molecular weight excluding hydrogens is 270 g/mol. The largest absolute Gasteiger partial charge is 0.215 e. The molecule has 0 amide bonds. The summed E-state index contributed by atoms with van der Waals surface area (Å²) in [6.45, 7) is 2.37. The quantitative estimate of drug-likeness (QED) is 0.590. The van der Waals surface area contributed by atoms with Crippen molar-refractivity contribution in [3.63, 3.8) is 0 Å². The Morgan fingerprint density at radius 3 is 2.56 bits per heavy atom. The molecule has 0 spiro atoms. The van der Waals surface area contributed by atoms with Crippen molar-refractivity contribution in [1.29, 1.82) is 0 Å². The van der Waals surface area contributed by atoms with Crippen LogP contribution < -0.4 is 4.72 Å². The van der Waals surface area contributed by atoms with Crippen molar-refractivity contribution in [2.24, 2.45) is 0 Å². The van der Waals surface area contributed by atoms with Gasteiger partial charge in [-0.1, -0.05) is 30.3 Å². The first-order chi connectivity index (χ1) is 8.49. The van der Waals surface area contributed by atoms with Crippen LogP contribution in [0.25, 0.3) is 0 Å². The van der Waals surface area contributed by atoms with Gasteiger partial charge in [-0.2, -0.15) is 0 Å². The van der Waals surface area contributed by atoms with E-state index < -0.39 is 10.0 Å². The third-order valence-corrected chi connectivity index (χ3v) is 4.21. The Hall–Kier alpha value is -0.580. The molecule has 3 nitrogen and oxygen atoms in total. The molecule has 0 bridgehead atoms. The molecule has 0 heterocycles. The zero-order valence-electron chi connectivity index (χ0n) is 10.6. The van der Waals surface area contributed by atoms with E-state index in [0.717, 1.165) is 18.4 Å². The molecule has 0 fully saturated rings. The summed E-state index contributed by atoms with van der Waals surface area (Å²) in [6, 6.07) is 9.62. The van der Waals surface area contributed by atoms with E-state index in [4.69, 9.17) is 11.6 Å². The maximum Gasteiger partial charge on any atom is 0.211 e. The first kappa shape index (κ1) is 15.5. The van der Waals surface area contributed by atoms with Crippen LogP contribution in [0.5, 0.6) is 0 Å². The second kappa shape index (κ2) is 7.77. The first-order valence-corrected chi connectivity index (χ1v) is 8.24. The van der Waals surface area contributed by atoms with Gasteiger partial charge in [-0.05, 0) is 31.7 Å². The third-order valence-electron chi connectivity index (χ3n) is 2.60. The molecule has 0 saturated carbocycles. The van der Waals surface area contributed by atoms with Crippen LogP contribution in [-0.4, -0.2) is 26.1 Å². The Balaban J connectivity index is 2.28. The van der Waals surface area contributed by atoms with E-state index >= 15 is 0 Å². The van der Waals surface area contributed by atoms with Crippen LogP contribution >= 0.6 is 11.6 Å². The van der Waals surface area contributed by atoms with E-state index in [1.807, 2.05) is 37.3 Å². The number of hydrogen-bond acceptors (Lipinski definition) is 2. The van der Waals surface area contributed by atoms with Gasteiger partial charge in [0, 0.05) is 11.9 Å². The van der Waals surface area contributed by atoms with Crippen molar-refractivity contribution < 1.29 is 8.42 Å². The number of aryl methyl sites for hydroxylation is 1. The summed E-state index contributed by atoms with van der Waals surface area (Å²) in [5, 5.41) is 0.0961. The average Bonchev–Trinajstić information content (AvgIpc) is 2.34. The normalized spacial score (nSPS) is 13.4. The fourth-order valence-electron chi connectivity index (χ4n) is 1.58. The summed E-state index contributed by atoms with van der Waals surface area (Å²) < 4.78 is 26.0. The fourth-order valence-corrected chi connectivity index (χ4v) is 2.84. The molecule has 1 unspecified atom stereocenters. The van der Waals surface area contributed by atoms with E-state index in [2.05, 4.69) is 4.72 Å². The van der Waals surface area contributed by atoms with Gasteiger partial charge in [-0.25, -0.2) is 13.1 Å². The van der Waals surface area contributed by atoms with Crippen molar-refractivity contribution in [2.75, 3.05) is 12.3 Å². The maximum atomic E-state index is 11.7. The number of rotatable bonds is 8. The van der Waals surface area contributed by atoms with Gasteiger partial charge >= 0.3 is 0 Å². The third kappa shape index (κ3) is 6.99. The van der Waals surface area contributed by atoms with Crippen molar-refractivity contribution >= 4 is 21.6 Å². The minimum atomic E-state index is -3.17. The molecule has 0 aromatic heterocycles. The number of sulfonamides is 1. The van der Waals surface area contributed by atoms with Gasteiger partial charge in [0.15, 0.2) is 0 Å². The molecule has 5 heteroatoms. The van der Waals surface area contributed by atoms with E-state index in [1.165, 1.54) is 0 Å². The molecule has 102 valence electrons. The molecule has 1 rings (SSSR count). The predicted octanol–water partition coefficient (Wildman–Crippen LogP) is 2.56. The van der Waals surface area contributed by atoms with E-state index in [-0.39, 0.29) is 11.1 Å². The minimum absolute atomic E-state index is 0.0961. The summed E-state index contributed by atoms with van der Waals surface area (Å²) in [5.41, 5.74) is 1.04. The molecule has 0 saturated heterocycles. The van der Waals surface area contributed by atoms with E-state index in [1.54, 1.807) is 0 Å². The molecule has 1 N–H and O–H groups in total. The second-order valence-corrected chi connectivity index (χ2v) is 7.04. The molecule has 0 radical (unpaired) electrons. The van der Waals surface area contributed by atoms with E-state index in [9.17, 15) is 8.42 Å². The van der Waals surface area contributed by atoms with Crippen molar-refractivity contribution in [1.82, 2.24) is 4.72 Å². The highest BCUT2D eigenvalue weighted by Gasteiger charge is 2.09. The highest BCUT2D eigenvalue weighted by molar-refractivity contribution is 7.89. The Kier molecular flexibility index (Phi) is 6.68. The lowest BCUT2D eigenvalue weighted by atomic mass is 10.2. The number of alkyl halides is 1. The summed E-state index contributed by atoms with van der Waals surface area (Å²) in [4.78, 5) is 0. The summed E-state index contributed by atoms with van der Waals surface area (Å²) in [5.74, 6) is 0.132. The van der Waals surface area contributed by atoms with E-state index in [0.29, 0.717) is 13.0 Å². The number of hydrogen-bond donors (Lipinski definition) is 1. The standard InChI is InChI=1S/C13H20ClNO2S/c1-12(14)6-5-10-15-18(16,17)11-9-13-7-3-2-4-8-13/h2-4,7-8,12,15H,5-6,9-11H2,1H3. The number of halogens is 1. The lowest BCUT2D eigenvalue weighted by Crippen LogP contribution is -2.28. The molecule has 1 atom stereocenters. The second-order valence-electron chi connectivity index (χ2n) is 4.37. The van der Waals surface area contributed by atoms with Crippen LogP contribution in [0.1, 0.15) is 25.3 Å². The number of benzene rings is 1. The molecule has 1 aromatic rings. The SMILES string of the molecule is CC(Cl)CCCNS(=O)(=O)CCc1ccccc1. The smallest absolute Gasteiger partial charge is 0.211 e. The van der Waals surface area contributed by atoms with Gasteiger partial charge in [0.1, 0.15) is 0 Å². The summed E-state index contributed by atoms with van der Waals surface area (Å²) in [6.07, 6.45) is 2.14. The minimum Gasteiger partial charge on any atom is -0.215 e. The van der Waals surface area contributed by atoms with Gasteiger partial charge in [-0.15, -0.1) is 11.6 Å². The zero-order valence-corrected chi connectivity index (χ0v) is 12.2. The van der Waals surface area contributed by atoms with Gasteiger partial charge in [0.2, 0.25) is 10.0 Å². The first-order valence-electron chi connectivity index (χ1n) is 6.15. The monoisotopic (exact) mass is 289 g/mol. The lowest BCUT2D eigenvalue weighted by Gasteiger charge is -2.07. The van der Waals surface area contributed by atoms with Crippen molar-refractivity contribution in [2.45, 2.75) is 31.6 Å². The molecule has 0 aliphatic rings. The number of nitrogens with one attached hydrogen (secondary N) is 1. The Labute approximate surface area is 115 Å². The molecule has 18 heavy (non-hydrogen) atoms. The van der Waals surface area contributed by atoms with Crippen LogP contribution in [0.4, 0.5) is 0 Å². The van der Waals surface area contributed by atoms with Gasteiger partial charge < -0.3 is 0 Å². The van der Waals surface area contributed by atoms with Gasteiger partial charge in [-0.3, -0.25) is 0 Å². The lowest BCUT2D eigenvalue weighted by molar-refractivity contribution is 0.575. The molecular formula is C13H20ClNO2S. The maximum absolute atomic E-state index is 11.7. The molecule has 0 aliphatic heterocycles. The van der Waals surface area contributed by atoms with Crippen molar-refractivity contribution in [3.8, 4) is 0 Å². The Morgan fingerprint density at radius 1 is 1.28 bits per heavy atom. The van der Waals surface area contributed by atoms with Crippen molar-refractivity contribution in [3.05, 3.63) is 35.9 Å². The summed E-state index contributed by atoms with van der Waals surface area (Å²) >= 11 is 5.79. The Bertz CT molecular complexity index is 432. The van der Waals surface area contributed by atoms with Gasteiger partial charge in [0.25, 0.3) is 0 Å². The predicted molar refractivity (Wildman–Crippen MR) is 76.5 cm³/mol.